The summed E-state index contributed by atoms with van der Waals surface area (Å²) in [6, 6.07) is 1.20. The molecule has 37 heavy (non-hydrogen) atoms. The number of amides is 4. The lowest BCUT2D eigenvalue weighted by atomic mass is 10.0. The van der Waals surface area contributed by atoms with E-state index in [0.717, 1.165) is 0 Å². The van der Waals surface area contributed by atoms with Gasteiger partial charge in [0, 0.05) is 18.6 Å². The Hall–Kier alpha value is -3.36. The zero-order valence-corrected chi connectivity index (χ0v) is 21.3. The third kappa shape index (κ3) is 11.9. The molecule has 0 saturated carbocycles. The van der Waals surface area contributed by atoms with Crippen molar-refractivity contribution in [3.63, 3.8) is 0 Å². The molecule has 13 nitrogen and oxygen atoms in total. The maximum atomic E-state index is 13.2. The van der Waals surface area contributed by atoms with Gasteiger partial charge in [0.25, 0.3) is 0 Å². The lowest BCUT2D eigenvalue weighted by Gasteiger charge is -2.25. The Kier molecular flexibility index (Phi) is 14.0. The lowest BCUT2D eigenvalue weighted by Crippen LogP contribution is -2.57. The van der Waals surface area contributed by atoms with Crippen LogP contribution in [0, 0.1) is 0 Å². The van der Waals surface area contributed by atoms with Crippen molar-refractivity contribution in [3.8, 4) is 5.75 Å². The van der Waals surface area contributed by atoms with Crippen molar-refractivity contribution in [1.29, 1.82) is 0 Å². The summed E-state index contributed by atoms with van der Waals surface area (Å²) in [6.07, 6.45) is 0.754. The highest BCUT2D eigenvalue weighted by atomic mass is 32.1. The number of carbonyl (C=O) groups excluding carboxylic acids is 4. The Morgan fingerprint density at radius 1 is 0.865 bits per heavy atom. The van der Waals surface area contributed by atoms with Crippen LogP contribution in [-0.4, -0.2) is 76.3 Å². The Labute approximate surface area is 220 Å². The minimum Gasteiger partial charge on any atom is -0.508 e. The highest BCUT2D eigenvalue weighted by Gasteiger charge is 2.30. The van der Waals surface area contributed by atoms with Gasteiger partial charge >= 0.3 is 5.97 Å². The van der Waals surface area contributed by atoms with Crippen molar-refractivity contribution in [1.82, 2.24) is 16.0 Å². The molecule has 0 spiro atoms. The Morgan fingerprint density at radius 2 is 1.43 bits per heavy atom. The molecule has 0 saturated heterocycles. The van der Waals surface area contributed by atoms with E-state index in [1.807, 2.05) is 0 Å². The van der Waals surface area contributed by atoms with E-state index in [-0.39, 0.29) is 37.2 Å². The van der Waals surface area contributed by atoms with Gasteiger partial charge in [0.05, 0.1) is 6.04 Å². The van der Waals surface area contributed by atoms with Crippen molar-refractivity contribution in [3.05, 3.63) is 29.8 Å². The third-order valence-corrected chi connectivity index (χ3v) is 5.81. The van der Waals surface area contributed by atoms with Crippen molar-refractivity contribution < 1.29 is 34.2 Å². The number of nitrogens with one attached hydrogen (secondary N) is 3. The van der Waals surface area contributed by atoms with Gasteiger partial charge in [0.15, 0.2) is 0 Å². The molecule has 0 radical (unpaired) electrons. The molecule has 4 amide bonds. The number of hydrogen-bond acceptors (Lipinski definition) is 9. The van der Waals surface area contributed by atoms with E-state index in [9.17, 15) is 34.2 Å². The molecular formula is C23H36N6O7S. The second-order valence-corrected chi connectivity index (χ2v) is 8.84. The highest BCUT2D eigenvalue weighted by molar-refractivity contribution is 7.80. The molecule has 206 valence electrons. The van der Waals surface area contributed by atoms with E-state index in [2.05, 4.69) is 28.6 Å². The molecule has 4 atom stereocenters. The van der Waals surface area contributed by atoms with Gasteiger partial charge in [0.1, 0.15) is 23.9 Å². The topological polar surface area (TPSA) is 240 Å². The first kappa shape index (κ1) is 31.7. The Balaban J connectivity index is 3.14. The zero-order valence-electron chi connectivity index (χ0n) is 20.4. The third-order valence-electron chi connectivity index (χ3n) is 5.42. The lowest BCUT2D eigenvalue weighted by molar-refractivity contribution is -0.142. The number of thiol groups is 1. The number of phenols is 1. The number of hydrogen-bond donors (Lipinski definition) is 9. The molecule has 0 aliphatic rings. The van der Waals surface area contributed by atoms with Crippen LogP contribution in [0.4, 0.5) is 0 Å². The fourth-order valence-electron chi connectivity index (χ4n) is 3.29. The van der Waals surface area contributed by atoms with Crippen molar-refractivity contribution in [2.45, 2.75) is 62.7 Å². The van der Waals surface area contributed by atoms with Crippen LogP contribution in [-0.2, 0) is 30.4 Å². The molecule has 14 heteroatoms. The molecule has 0 heterocycles. The number of unbranched alkanes of at least 4 members (excludes halogenated alkanes) is 1. The average molecular weight is 541 g/mol. The van der Waals surface area contributed by atoms with Crippen LogP contribution in [0.2, 0.25) is 0 Å². The summed E-state index contributed by atoms with van der Waals surface area (Å²) in [5.74, 6) is -4.16. The Bertz CT molecular complexity index is 931. The predicted octanol–water partition coefficient (Wildman–Crippen LogP) is -1.87. The normalized spacial score (nSPS) is 14.0. The molecule has 1 aromatic carbocycles. The van der Waals surface area contributed by atoms with E-state index in [1.54, 1.807) is 0 Å². The molecule has 0 aliphatic heterocycles. The van der Waals surface area contributed by atoms with Crippen LogP contribution in [0.5, 0.6) is 5.75 Å². The summed E-state index contributed by atoms with van der Waals surface area (Å²) in [4.78, 5) is 61.2. The molecular weight excluding hydrogens is 504 g/mol. The van der Waals surface area contributed by atoms with Crippen LogP contribution in [0.15, 0.2) is 24.3 Å². The molecule has 0 fully saturated rings. The van der Waals surface area contributed by atoms with E-state index in [4.69, 9.17) is 17.2 Å². The van der Waals surface area contributed by atoms with Gasteiger partial charge in [-0.25, -0.2) is 4.79 Å². The number of aromatic hydroxyl groups is 1. The number of carboxylic acid groups (broad SMARTS) is 1. The standard InChI is InChI=1S/C23H36N6O7S/c24-10-2-1-3-16(27-20(32)15(25)12-37)21(33)29-18(11-13-4-6-14(30)7-5-13)22(34)28-17(23(35)36)8-9-19(26)31/h4-7,15-18,30,37H,1-3,8-12,24-25H2,(H2,26,31)(H,27,32)(H,28,34)(H,29,33)(H,35,36). The number of phenolic OH excluding ortho intramolecular Hbond substituents is 1. The number of primary amides is 1. The maximum absolute atomic E-state index is 13.2. The predicted molar refractivity (Wildman–Crippen MR) is 138 cm³/mol. The Morgan fingerprint density at radius 3 is 1.97 bits per heavy atom. The molecule has 11 N–H and O–H groups in total. The summed E-state index contributed by atoms with van der Waals surface area (Å²) in [6.45, 7) is 0.381. The van der Waals surface area contributed by atoms with Gasteiger partial charge in [-0.3, -0.25) is 19.2 Å². The molecule has 4 unspecified atom stereocenters. The first-order valence-electron chi connectivity index (χ1n) is 11.7. The van der Waals surface area contributed by atoms with Gasteiger partial charge in [-0.1, -0.05) is 12.1 Å². The van der Waals surface area contributed by atoms with Crippen molar-refractivity contribution in [2.75, 3.05) is 12.3 Å². The molecule has 0 bridgehead atoms. The maximum Gasteiger partial charge on any atom is 0.326 e. The fourth-order valence-corrected chi connectivity index (χ4v) is 3.45. The largest absolute Gasteiger partial charge is 0.508 e. The first-order chi connectivity index (χ1) is 17.5. The summed E-state index contributed by atoms with van der Waals surface area (Å²) in [7, 11) is 0. The minimum atomic E-state index is -1.42. The number of benzene rings is 1. The van der Waals surface area contributed by atoms with Gasteiger partial charge in [0.2, 0.25) is 23.6 Å². The number of nitrogens with two attached hydrogens (primary N) is 3. The van der Waals surface area contributed by atoms with E-state index in [1.165, 1.54) is 24.3 Å². The van der Waals surface area contributed by atoms with Crippen LogP contribution in [0.25, 0.3) is 0 Å². The summed E-state index contributed by atoms with van der Waals surface area (Å²) in [5.41, 5.74) is 16.9. The fraction of sp³-hybridized carbons (Fsp3) is 0.522. The van der Waals surface area contributed by atoms with E-state index >= 15 is 0 Å². The smallest absolute Gasteiger partial charge is 0.326 e. The van der Waals surface area contributed by atoms with Crippen LogP contribution < -0.4 is 33.2 Å². The minimum absolute atomic E-state index is 0.00520. The number of carboxylic acids is 1. The molecule has 0 aromatic heterocycles. The summed E-state index contributed by atoms with van der Waals surface area (Å²) >= 11 is 3.99. The summed E-state index contributed by atoms with van der Waals surface area (Å²) in [5, 5.41) is 26.4. The quantitative estimate of drug-likeness (QED) is 0.0792. The van der Waals surface area contributed by atoms with Gasteiger partial charge in [-0.15, -0.1) is 0 Å². The highest BCUT2D eigenvalue weighted by Crippen LogP contribution is 2.12. The number of rotatable bonds is 17. The molecule has 1 rings (SSSR count). The van der Waals surface area contributed by atoms with Crippen LogP contribution >= 0.6 is 12.6 Å². The zero-order chi connectivity index (χ0) is 28.0. The average Bonchev–Trinajstić information content (AvgIpc) is 2.85. The molecule has 1 aromatic rings. The molecule has 0 aliphatic carbocycles. The van der Waals surface area contributed by atoms with E-state index < -0.39 is 53.8 Å². The van der Waals surface area contributed by atoms with E-state index in [0.29, 0.717) is 24.9 Å². The van der Waals surface area contributed by atoms with Crippen LogP contribution in [0.3, 0.4) is 0 Å². The first-order valence-corrected chi connectivity index (χ1v) is 12.4. The van der Waals surface area contributed by atoms with Crippen LogP contribution in [0.1, 0.15) is 37.7 Å². The number of carbonyl (C=O) groups is 5. The van der Waals surface area contributed by atoms with Gasteiger partial charge in [-0.2, -0.15) is 12.6 Å². The van der Waals surface area contributed by atoms with Gasteiger partial charge in [-0.05, 0) is 49.9 Å². The number of aliphatic carboxylic acids is 1. The second-order valence-electron chi connectivity index (χ2n) is 8.47. The second kappa shape index (κ2) is 16.4. The van der Waals surface area contributed by atoms with Gasteiger partial charge < -0.3 is 43.4 Å². The summed E-state index contributed by atoms with van der Waals surface area (Å²) < 4.78 is 0. The monoisotopic (exact) mass is 540 g/mol. The SMILES string of the molecule is NCCCCC(NC(=O)C(N)CS)C(=O)NC(Cc1ccc(O)cc1)C(=O)NC(CCC(N)=O)C(=O)O. The van der Waals surface area contributed by atoms with Crippen molar-refractivity contribution >= 4 is 42.2 Å². The van der Waals surface area contributed by atoms with Crippen molar-refractivity contribution in [2.24, 2.45) is 17.2 Å².